The summed E-state index contributed by atoms with van der Waals surface area (Å²) in [5, 5.41) is 13.5. The number of ketones is 1. The molecule has 2 rings (SSSR count). The van der Waals surface area contributed by atoms with Gasteiger partial charge in [0.2, 0.25) is 5.78 Å². The number of hydrogen-bond acceptors (Lipinski definition) is 3. The minimum absolute atomic E-state index is 0.0891. The predicted molar refractivity (Wildman–Crippen MR) is 86.1 cm³/mol. The minimum Gasteiger partial charge on any atom is -0.286 e. The molecule has 0 saturated carbocycles. The van der Waals surface area contributed by atoms with Crippen molar-refractivity contribution < 1.29 is 4.79 Å². The molecule has 0 fully saturated rings. The molecule has 0 aliphatic rings. The van der Waals surface area contributed by atoms with Gasteiger partial charge in [-0.1, -0.05) is 45.0 Å². The van der Waals surface area contributed by atoms with Crippen LogP contribution in [-0.2, 0) is 5.41 Å². The number of carbonyl (C=O) groups excluding carboxylic acids is 1. The number of Topliss-reactive ketones (excluding diaryl/α,β-unsaturated/α-hetero) is 1. The van der Waals surface area contributed by atoms with Crippen LogP contribution < -0.4 is 0 Å². The first-order valence-electron chi connectivity index (χ1n) is 7.05. The minimum atomic E-state index is -0.397. The molecule has 0 bridgehead atoms. The van der Waals surface area contributed by atoms with Gasteiger partial charge < -0.3 is 0 Å². The Labute approximate surface area is 130 Å². The molecule has 1 heterocycles. The van der Waals surface area contributed by atoms with E-state index in [-0.39, 0.29) is 11.0 Å². The third-order valence-corrected chi connectivity index (χ3v) is 3.40. The molecule has 0 radical (unpaired) electrons. The van der Waals surface area contributed by atoms with E-state index in [9.17, 15) is 4.79 Å². The highest BCUT2D eigenvalue weighted by atomic mass is 16.1. The Hall–Kier alpha value is -2.67. The Morgan fingerprint density at radius 2 is 1.86 bits per heavy atom. The summed E-state index contributed by atoms with van der Waals surface area (Å²) in [6.45, 7) is 11.6. The number of aromatic nitrogens is 2. The number of nitriles is 1. The van der Waals surface area contributed by atoms with Gasteiger partial charge in [-0.3, -0.25) is 4.79 Å². The highest BCUT2D eigenvalue weighted by Crippen LogP contribution is 2.25. The second-order valence-corrected chi connectivity index (χ2v) is 6.33. The number of hydrogen-bond donors (Lipinski definition) is 0. The van der Waals surface area contributed by atoms with Crippen LogP contribution in [0.5, 0.6) is 0 Å². The normalized spacial score (nSPS) is 11.0. The summed E-state index contributed by atoms with van der Waals surface area (Å²) in [6.07, 6.45) is 0. The largest absolute Gasteiger partial charge is 0.286 e. The smallest absolute Gasteiger partial charge is 0.221 e. The third-order valence-electron chi connectivity index (χ3n) is 3.40. The summed E-state index contributed by atoms with van der Waals surface area (Å²) < 4.78 is 1.59. The van der Waals surface area contributed by atoms with Crippen molar-refractivity contribution in [3.05, 3.63) is 59.4 Å². The second kappa shape index (κ2) is 5.61. The quantitative estimate of drug-likeness (QED) is 0.492. The van der Waals surface area contributed by atoms with Gasteiger partial charge in [0, 0.05) is 5.41 Å². The molecule has 4 heteroatoms. The highest BCUT2D eigenvalue weighted by molar-refractivity contribution is 6.10. The molecule has 0 unspecified atom stereocenters. The zero-order chi connectivity index (χ0) is 16.5. The molecule has 1 aromatic heterocycles. The number of rotatable bonds is 3. The molecule has 0 saturated heterocycles. The predicted octanol–water partition coefficient (Wildman–Crippen LogP) is 3.74. The fourth-order valence-corrected chi connectivity index (χ4v) is 2.00. The van der Waals surface area contributed by atoms with Crippen molar-refractivity contribution in [2.24, 2.45) is 0 Å². The standard InChI is InChI=1S/C18H19N3O/c1-12-6-8-14(9-7-12)21-15(17(22)13(2)11-19)10-16(20-21)18(3,4)5/h6-10H,2H2,1,3-5H3. The zero-order valence-corrected chi connectivity index (χ0v) is 13.3. The van der Waals surface area contributed by atoms with Crippen LogP contribution in [0.4, 0.5) is 0 Å². The van der Waals surface area contributed by atoms with Crippen LogP contribution in [0.2, 0.25) is 0 Å². The number of carbonyl (C=O) groups is 1. The molecule has 0 aliphatic heterocycles. The lowest BCUT2D eigenvalue weighted by Gasteiger charge is -2.14. The molecule has 112 valence electrons. The molecule has 0 aliphatic carbocycles. The van der Waals surface area contributed by atoms with Crippen molar-refractivity contribution in [2.45, 2.75) is 33.1 Å². The zero-order valence-electron chi connectivity index (χ0n) is 13.3. The van der Waals surface area contributed by atoms with Gasteiger partial charge in [0.15, 0.2) is 0 Å². The first kappa shape index (κ1) is 15.7. The topological polar surface area (TPSA) is 58.7 Å². The van der Waals surface area contributed by atoms with E-state index in [4.69, 9.17) is 5.26 Å². The van der Waals surface area contributed by atoms with Crippen LogP contribution in [0.3, 0.4) is 0 Å². The highest BCUT2D eigenvalue weighted by Gasteiger charge is 2.24. The molecular formula is C18H19N3O. The van der Waals surface area contributed by atoms with Crippen LogP contribution in [0, 0.1) is 18.3 Å². The summed E-state index contributed by atoms with van der Waals surface area (Å²) in [5.41, 5.74) is 2.78. The van der Waals surface area contributed by atoms with Gasteiger partial charge in [0.05, 0.1) is 17.0 Å². The monoisotopic (exact) mass is 293 g/mol. The third kappa shape index (κ3) is 2.99. The Balaban J connectivity index is 2.63. The molecule has 1 aromatic carbocycles. The maximum Gasteiger partial charge on any atom is 0.221 e. The van der Waals surface area contributed by atoms with Crippen LogP contribution in [0.15, 0.2) is 42.5 Å². The van der Waals surface area contributed by atoms with E-state index in [1.807, 2.05) is 58.0 Å². The molecule has 22 heavy (non-hydrogen) atoms. The molecule has 0 atom stereocenters. The van der Waals surface area contributed by atoms with Crippen molar-refractivity contribution in [2.75, 3.05) is 0 Å². The summed E-state index contributed by atoms with van der Waals surface area (Å²) in [6, 6.07) is 11.3. The van der Waals surface area contributed by atoms with E-state index in [2.05, 4.69) is 11.7 Å². The Morgan fingerprint density at radius 1 is 1.27 bits per heavy atom. The maximum atomic E-state index is 12.4. The number of aryl methyl sites for hydroxylation is 1. The van der Waals surface area contributed by atoms with Crippen LogP contribution >= 0.6 is 0 Å². The van der Waals surface area contributed by atoms with Gasteiger partial charge in [-0.2, -0.15) is 10.4 Å². The lowest BCUT2D eigenvalue weighted by atomic mass is 9.92. The number of benzene rings is 1. The van der Waals surface area contributed by atoms with Crippen LogP contribution in [0.25, 0.3) is 5.69 Å². The van der Waals surface area contributed by atoms with E-state index in [1.165, 1.54) is 0 Å². The fraction of sp³-hybridized carbons (Fsp3) is 0.278. The average molecular weight is 293 g/mol. The van der Waals surface area contributed by atoms with Crippen molar-refractivity contribution in [1.29, 1.82) is 5.26 Å². The summed E-state index contributed by atoms with van der Waals surface area (Å²) in [4.78, 5) is 12.4. The molecule has 0 N–H and O–H groups in total. The first-order valence-corrected chi connectivity index (χ1v) is 7.05. The summed E-state index contributed by atoms with van der Waals surface area (Å²) in [7, 11) is 0. The molecular weight excluding hydrogens is 274 g/mol. The maximum absolute atomic E-state index is 12.4. The van der Waals surface area contributed by atoms with Gasteiger partial charge in [-0.05, 0) is 25.1 Å². The van der Waals surface area contributed by atoms with E-state index in [0.29, 0.717) is 5.69 Å². The summed E-state index contributed by atoms with van der Waals surface area (Å²) in [5.74, 6) is -0.397. The Morgan fingerprint density at radius 3 is 2.36 bits per heavy atom. The summed E-state index contributed by atoms with van der Waals surface area (Å²) >= 11 is 0. The lowest BCUT2D eigenvalue weighted by molar-refractivity contribution is 0.103. The van der Waals surface area contributed by atoms with Gasteiger partial charge in [-0.15, -0.1) is 0 Å². The van der Waals surface area contributed by atoms with Crippen molar-refractivity contribution >= 4 is 5.78 Å². The molecule has 0 spiro atoms. The first-order chi connectivity index (χ1) is 10.2. The van der Waals surface area contributed by atoms with E-state index >= 15 is 0 Å². The average Bonchev–Trinajstić information content (AvgIpc) is 2.91. The van der Waals surface area contributed by atoms with Crippen molar-refractivity contribution in [3.63, 3.8) is 0 Å². The Bertz CT molecular complexity index is 768. The Kier molecular flexibility index (Phi) is 4.01. The number of nitrogens with zero attached hydrogens (tertiary/aromatic N) is 3. The molecule has 2 aromatic rings. The van der Waals surface area contributed by atoms with E-state index in [1.54, 1.807) is 10.7 Å². The SMILES string of the molecule is C=C(C#N)C(=O)c1cc(C(C)(C)C)nn1-c1ccc(C)cc1. The van der Waals surface area contributed by atoms with Crippen molar-refractivity contribution in [1.82, 2.24) is 9.78 Å². The van der Waals surface area contributed by atoms with E-state index < -0.39 is 5.78 Å². The van der Waals surface area contributed by atoms with Gasteiger partial charge >= 0.3 is 0 Å². The van der Waals surface area contributed by atoms with Crippen molar-refractivity contribution in [3.8, 4) is 11.8 Å². The van der Waals surface area contributed by atoms with Crippen LogP contribution in [0.1, 0.15) is 42.5 Å². The fourth-order valence-electron chi connectivity index (χ4n) is 2.00. The second-order valence-electron chi connectivity index (χ2n) is 6.33. The molecule has 0 amide bonds. The molecule has 4 nitrogen and oxygen atoms in total. The van der Waals surface area contributed by atoms with Gasteiger partial charge in [0.25, 0.3) is 0 Å². The van der Waals surface area contributed by atoms with Gasteiger partial charge in [0.1, 0.15) is 11.8 Å². The lowest BCUT2D eigenvalue weighted by Crippen LogP contribution is -2.13. The van der Waals surface area contributed by atoms with E-state index in [0.717, 1.165) is 16.9 Å². The van der Waals surface area contributed by atoms with Gasteiger partial charge in [-0.25, -0.2) is 4.68 Å². The number of allylic oxidation sites excluding steroid dienone is 1. The van der Waals surface area contributed by atoms with Crippen LogP contribution in [-0.4, -0.2) is 15.6 Å².